The number of aliphatic hydroxyl groups is 1. The first kappa shape index (κ1) is 17.8. The molecule has 0 spiro atoms. The number of hydrogen-bond acceptors (Lipinski definition) is 4. The summed E-state index contributed by atoms with van der Waals surface area (Å²) in [4.78, 5) is 17.5. The molecule has 0 aliphatic heterocycles. The monoisotopic (exact) mass is 350 g/mol. The summed E-state index contributed by atoms with van der Waals surface area (Å²) in [7, 11) is 0. The Bertz CT molecular complexity index is 626. The van der Waals surface area contributed by atoms with Crippen molar-refractivity contribution >= 4 is 29.1 Å². The summed E-state index contributed by atoms with van der Waals surface area (Å²) in [5.41, 5.74) is 1.06. The van der Waals surface area contributed by atoms with Gasteiger partial charge in [0.1, 0.15) is 0 Å². The van der Waals surface area contributed by atoms with Gasteiger partial charge in [-0.25, -0.2) is 4.79 Å². The normalized spacial score (nSPS) is 10.6. The molecule has 23 heavy (non-hydrogen) atoms. The molecule has 2 N–H and O–H groups in total. The lowest BCUT2D eigenvalue weighted by Crippen LogP contribution is -2.40. The highest BCUT2D eigenvalue weighted by Crippen LogP contribution is 2.17. The van der Waals surface area contributed by atoms with Crippen molar-refractivity contribution < 1.29 is 9.90 Å². The summed E-state index contributed by atoms with van der Waals surface area (Å²) in [5, 5.41) is 12.1. The second-order valence-electron chi connectivity index (χ2n) is 5.16. The number of rotatable bonds is 7. The quantitative estimate of drug-likeness (QED) is 0.752. The Kier molecular flexibility index (Phi) is 6.95. The summed E-state index contributed by atoms with van der Waals surface area (Å²) in [6.07, 6.45) is 2.04. The fraction of sp³-hybridized carbons (Fsp3) is 0.353. The first-order valence-corrected chi connectivity index (χ1v) is 9.48. The van der Waals surface area contributed by atoms with Gasteiger partial charge < -0.3 is 15.3 Å². The molecule has 0 radical (unpaired) electrons. The van der Waals surface area contributed by atoms with Gasteiger partial charge in [0.25, 0.3) is 0 Å². The van der Waals surface area contributed by atoms with Crippen LogP contribution >= 0.6 is 23.1 Å². The van der Waals surface area contributed by atoms with Gasteiger partial charge in [-0.05, 0) is 43.0 Å². The van der Waals surface area contributed by atoms with Gasteiger partial charge in [-0.2, -0.15) is 0 Å². The predicted molar refractivity (Wildman–Crippen MR) is 97.0 cm³/mol. The number of aliphatic hydroxyl groups excluding tert-OH is 1. The van der Waals surface area contributed by atoms with E-state index in [0.29, 0.717) is 19.6 Å². The van der Waals surface area contributed by atoms with Gasteiger partial charge in [0.05, 0.1) is 13.2 Å². The van der Waals surface area contributed by atoms with Gasteiger partial charge in [0.15, 0.2) is 0 Å². The maximum atomic E-state index is 12.3. The van der Waals surface area contributed by atoms with Gasteiger partial charge in [-0.15, -0.1) is 23.1 Å². The number of amides is 2. The van der Waals surface area contributed by atoms with Crippen LogP contribution in [0.25, 0.3) is 0 Å². The van der Waals surface area contributed by atoms with E-state index in [1.54, 1.807) is 28.0 Å². The first-order valence-electron chi connectivity index (χ1n) is 7.44. The number of thioether (sulfide) groups is 1. The van der Waals surface area contributed by atoms with Crippen LogP contribution in [0.1, 0.15) is 15.3 Å². The zero-order chi connectivity index (χ0) is 16.7. The van der Waals surface area contributed by atoms with Crippen molar-refractivity contribution in [2.24, 2.45) is 0 Å². The number of hydrogen-bond donors (Lipinski definition) is 2. The molecule has 2 amide bonds. The molecule has 1 aromatic heterocycles. The van der Waals surface area contributed by atoms with Crippen molar-refractivity contribution in [2.75, 3.05) is 19.4 Å². The van der Waals surface area contributed by atoms with Crippen molar-refractivity contribution in [1.82, 2.24) is 10.2 Å². The van der Waals surface area contributed by atoms with E-state index >= 15 is 0 Å². The van der Waals surface area contributed by atoms with Crippen LogP contribution in [-0.2, 0) is 13.1 Å². The number of benzene rings is 1. The van der Waals surface area contributed by atoms with Gasteiger partial charge in [-0.3, -0.25) is 0 Å². The van der Waals surface area contributed by atoms with E-state index < -0.39 is 0 Å². The van der Waals surface area contributed by atoms with Crippen molar-refractivity contribution in [3.8, 4) is 0 Å². The van der Waals surface area contributed by atoms with Crippen LogP contribution < -0.4 is 5.32 Å². The molecule has 0 bridgehead atoms. The molecule has 0 saturated carbocycles. The van der Waals surface area contributed by atoms with Gasteiger partial charge in [0.2, 0.25) is 0 Å². The number of thiophene rings is 1. The number of nitrogens with zero attached hydrogens (tertiary/aromatic N) is 1. The molecule has 4 nitrogen and oxygen atoms in total. The third-order valence-electron chi connectivity index (χ3n) is 3.40. The molecule has 0 aliphatic carbocycles. The Morgan fingerprint density at radius 3 is 2.57 bits per heavy atom. The molecule has 0 fully saturated rings. The minimum Gasteiger partial charge on any atom is -0.395 e. The summed E-state index contributed by atoms with van der Waals surface area (Å²) >= 11 is 3.37. The Morgan fingerprint density at radius 1 is 1.26 bits per heavy atom. The van der Waals surface area contributed by atoms with Gasteiger partial charge in [0, 0.05) is 27.7 Å². The Hall–Kier alpha value is -1.50. The highest BCUT2D eigenvalue weighted by Gasteiger charge is 2.14. The molecule has 0 saturated heterocycles. The van der Waals surface area contributed by atoms with E-state index in [1.807, 2.05) is 49.6 Å². The second-order valence-corrected chi connectivity index (χ2v) is 7.42. The van der Waals surface area contributed by atoms with E-state index in [0.717, 1.165) is 10.4 Å². The maximum absolute atomic E-state index is 12.3. The van der Waals surface area contributed by atoms with Crippen molar-refractivity contribution in [1.29, 1.82) is 0 Å². The summed E-state index contributed by atoms with van der Waals surface area (Å²) in [5.74, 6) is 0. The van der Waals surface area contributed by atoms with E-state index in [2.05, 4.69) is 5.32 Å². The zero-order valence-corrected chi connectivity index (χ0v) is 15.0. The van der Waals surface area contributed by atoms with Crippen LogP contribution in [-0.4, -0.2) is 35.4 Å². The molecule has 6 heteroatoms. The molecule has 1 aromatic carbocycles. The molecular formula is C17H22N2O2S2. The highest BCUT2D eigenvalue weighted by molar-refractivity contribution is 7.98. The van der Waals surface area contributed by atoms with Gasteiger partial charge in [-0.1, -0.05) is 12.1 Å². The average molecular weight is 351 g/mol. The largest absolute Gasteiger partial charge is 0.395 e. The van der Waals surface area contributed by atoms with Crippen LogP contribution in [0, 0.1) is 6.92 Å². The minimum atomic E-state index is -0.154. The zero-order valence-electron chi connectivity index (χ0n) is 13.4. The molecule has 0 unspecified atom stereocenters. The van der Waals surface area contributed by atoms with E-state index in [9.17, 15) is 9.90 Å². The second kappa shape index (κ2) is 8.96. The minimum absolute atomic E-state index is 0.0415. The van der Waals surface area contributed by atoms with E-state index in [4.69, 9.17) is 0 Å². The summed E-state index contributed by atoms with van der Waals surface area (Å²) in [6.45, 7) is 3.34. The summed E-state index contributed by atoms with van der Waals surface area (Å²) in [6, 6.07) is 12.1. The molecule has 2 rings (SSSR count). The third kappa shape index (κ3) is 5.57. The van der Waals surface area contributed by atoms with Crippen molar-refractivity contribution in [3.63, 3.8) is 0 Å². The topological polar surface area (TPSA) is 52.6 Å². The third-order valence-corrected chi connectivity index (χ3v) is 5.13. The lowest BCUT2D eigenvalue weighted by molar-refractivity contribution is 0.174. The van der Waals surface area contributed by atoms with Crippen LogP contribution in [0.5, 0.6) is 0 Å². The fourth-order valence-electron chi connectivity index (χ4n) is 2.16. The smallest absolute Gasteiger partial charge is 0.318 e. The lowest BCUT2D eigenvalue weighted by Gasteiger charge is -2.21. The number of carbonyl (C=O) groups excluding carboxylic acids is 1. The number of aryl methyl sites for hydroxylation is 1. The van der Waals surface area contributed by atoms with Crippen molar-refractivity contribution in [3.05, 3.63) is 51.7 Å². The molecule has 1 heterocycles. The molecule has 0 atom stereocenters. The maximum Gasteiger partial charge on any atom is 0.318 e. The number of carbonyl (C=O) groups is 1. The van der Waals surface area contributed by atoms with E-state index in [1.165, 1.54) is 9.77 Å². The molecular weight excluding hydrogens is 328 g/mol. The SMILES string of the molecule is CSc1ccc(CNC(=O)N(CCO)Cc2ccc(C)s2)cc1. The van der Waals surface area contributed by atoms with Crippen LogP contribution in [0.15, 0.2) is 41.3 Å². The number of urea groups is 1. The van der Waals surface area contributed by atoms with Crippen LogP contribution in [0.3, 0.4) is 0 Å². The van der Waals surface area contributed by atoms with Gasteiger partial charge >= 0.3 is 6.03 Å². The first-order chi connectivity index (χ1) is 11.1. The summed E-state index contributed by atoms with van der Waals surface area (Å²) < 4.78 is 0. The van der Waals surface area contributed by atoms with E-state index in [-0.39, 0.29) is 12.6 Å². The molecule has 124 valence electrons. The average Bonchev–Trinajstić information content (AvgIpc) is 2.97. The Balaban J connectivity index is 1.91. The standard InChI is InChI=1S/C17H22N2O2S2/c1-13-3-6-16(23-13)12-19(9-10-20)17(21)18-11-14-4-7-15(22-2)8-5-14/h3-8,20H,9-12H2,1-2H3,(H,18,21). The Morgan fingerprint density at radius 2 is 2.00 bits per heavy atom. The predicted octanol–water partition coefficient (Wildman–Crippen LogP) is 3.48. The fourth-order valence-corrected chi connectivity index (χ4v) is 3.48. The Labute approximate surface area is 145 Å². The van der Waals surface area contributed by atoms with Crippen molar-refractivity contribution in [2.45, 2.75) is 24.9 Å². The highest BCUT2D eigenvalue weighted by atomic mass is 32.2. The number of nitrogens with one attached hydrogen (secondary N) is 1. The molecule has 2 aromatic rings. The van der Waals surface area contributed by atoms with Crippen LogP contribution in [0.4, 0.5) is 4.79 Å². The van der Waals surface area contributed by atoms with Crippen LogP contribution in [0.2, 0.25) is 0 Å². The molecule has 0 aliphatic rings. The lowest BCUT2D eigenvalue weighted by atomic mass is 10.2.